The van der Waals surface area contributed by atoms with E-state index in [-0.39, 0.29) is 23.8 Å². The standard InChI is InChI=1S/C25H29ClFN3O3/c1-3-16(2)28-24(32)22(29-23(31)20-9-4-5-10-21(20)26)17-11-13-30(14-12-17)25(33)18-7-6-8-19(27)15-18/h4-10,15-17,22H,3,11-14H2,1-2H3,(H,28,32)(H,29,31)/t16-,22-/m0/s1. The molecule has 6 nitrogen and oxygen atoms in total. The first-order valence-electron chi connectivity index (χ1n) is 11.2. The third-order valence-electron chi connectivity index (χ3n) is 6.06. The van der Waals surface area contributed by atoms with Gasteiger partial charge in [-0.2, -0.15) is 0 Å². The van der Waals surface area contributed by atoms with Gasteiger partial charge < -0.3 is 15.5 Å². The normalized spacial score (nSPS) is 16.1. The summed E-state index contributed by atoms with van der Waals surface area (Å²) in [5, 5.41) is 6.14. The molecule has 3 rings (SSSR count). The molecule has 1 saturated heterocycles. The highest BCUT2D eigenvalue weighted by atomic mass is 35.5. The van der Waals surface area contributed by atoms with Crippen molar-refractivity contribution >= 4 is 29.3 Å². The van der Waals surface area contributed by atoms with Crippen LogP contribution in [-0.4, -0.2) is 47.8 Å². The number of rotatable bonds is 7. The zero-order valence-corrected chi connectivity index (χ0v) is 19.6. The minimum atomic E-state index is -0.755. The van der Waals surface area contributed by atoms with E-state index in [0.29, 0.717) is 42.1 Å². The van der Waals surface area contributed by atoms with E-state index in [4.69, 9.17) is 11.6 Å². The Labute approximate surface area is 198 Å². The van der Waals surface area contributed by atoms with Crippen LogP contribution in [0.1, 0.15) is 53.8 Å². The van der Waals surface area contributed by atoms with Crippen molar-refractivity contribution in [1.29, 1.82) is 0 Å². The van der Waals surface area contributed by atoms with E-state index in [0.717, 1.165) is 6.42 Å². The van der Waals surface area contributed by atoms with E-state index in [1.54, 1.807) is 35.2 Å². The van der Waals surface area contributed by atoms with Crippen LogP contribution in [0.2, 0.25) is 5.02 Å². The molecule has 3 amide bonds. The predicted octanol–water partition coefficient (Wildman–Crippen LogP) is 4.04. The van der Waals surface area contributed by atoms with Gasteiger partial charge in [0.1, 0.15) is 11.9 Å². The van der Waals surface area contributed by atoms with Gasteiger partial charge in [-0.15, -0.1) is 0 Å². The summed E-state index contributed by atoms with van der Waals surface area (Å²) in [7, 11) is 0. The van der Waals surface area contributed by atoms with Gasteiger partial charge in [-0.25, -0.2) is 4.39 Å². The first-order valence-corrected chi connectivity index (χ1v) is 11.6. The van der Waals surface area contributed by atoms with Gasteiger partial charge >= 0.3 is 0 Å². The lowest BCUT2D eigenvalue weighted by molar-refractivity contribution is -0.125. The van der Waals surface area contributed by atoms with Crippen LogP contribution in [0, 0.1) is 11.7 Å². The number of likely N-dealkylation sites (tertiary alicyclic amines) is 1. The number of carbonyl (C=O) groups excluding carboxylic acids is 3. The summed E-state index contributed by atoms with van der Waals surface area (Å²) < 4.78 is 13.5. The van der Waals surface area contributed by atoms with Gasteiger partial charge in [-0.1, -0.05) is 36.7 Å². The van der Waals surface area contributed by atoms with Crippen LogP contribution < -0.4 is 10.6 Å². The topological polar surface area (TPSA) is 78.5 Å². The number of carbonyl (C=O) groups is 3. The van der Waals surface area contributed by atoms with Crippen LogP contribution in [0.15, 0.2) is 48.5 Å². The summed E-state index contributed by atoms with van der Waals surface area (Å²) in [5.41, 5.74) is 0.603. The fraction of sp³-hybridized carbons (Fsp3) is 0.400. The Morgan fingerprint density at radius 3 is 2.42 bits per heavy atom. The van der Waals surface area contributed by atoms with Crippen LogP contribution in [0.4, 0.5) is 4.39 Å². The first kappa shape index (κ1) is 24.7. The molecule has 176 valence electrons. The van der Waals surface area contributed by atoms with Crippen molar-refractivity contribution in [3.63, 3.8) is 0 Å². The number of hydrogen-bond donors (Lipinski definition) is 2. The number of hydrogen-bond acceptors (Lipinski definition) is 3. The first-order chi connectivity index (χ1) is 15.8. The van der Waals surface area contributed by atoms with Crippen LogP contribution in [0.3, 0.4) is 0 Å². The number of nitrogens with one attached hydrogen (secondary N) is 2. The molecule has 8 heteroatoms. The van der Waals surface area contributed by atoms with Crippen LogP contribution >= 0.6 is 11.6 Å². The molecule has 0 aromatic heterocycles. The van der Waals surface area contributed by atoms with Crippen molar-refractivity contribution in [3.8, 4) is 0 Å². The highest BCUT2D eigenvalue weighted by Crippen LogP contribution is 2.24. The summed E-state index contributed by atoms with van der Waals surface area (Å²) in [6.07, 6.45) is 1.82. The summed E-state index contributed by atoms with van der Waals surface area (Å²) in [6.45, 7) is 4.70. The Balaban J connectivity index is 1.71. The van der Waals surface area contributed by atoms with Crippen LogP contribution in [-0.2, 0) is 4.79 Å². The Morgan fingerprint density at radius 2 is 1.79 bits per heavy atom. The number of amides is 3. The second-order valence-corrected chi connectivity index (χ2v) is 8.80. The quantitative estimate of drug-likeness (QED) is 0.637. The molecule has 0 bridgehead atoms. The van der Waals surface area contributed by atoms with E-state index in [1.165, 1.54) is 18.2 Å². The molecule has 2 N–H and O–H groups in total. The molecular weight excluding hydrogens is 445 g/mol. The zero-order chi connectivity index (χ0) is 24.0. The molecule has 0 saturated carbocycles. The molecule has 0 radical (unpaired) electrons. The number of nitrogens with zero attached hydrogens (tertiary/aromatic N) is 1. The van der Waals surface area contributed by atoms with Gasteiger partial charge in [0.2, 0.25) is 5.91 Å². The fourth-order valence-corrected chi connectivity index (χ4v) is 4.16. The highest BCUT2D eigenvalue weighted by Gasteiger charge is 2.34. The molecule has 1 aliphatic heterocycles. The van der Waals surface area contributed by atoms with Crippen molar-refractivity contribution < 1.29 is 18.8 Å². The summed E-state index contributed by atoms with van der Waals surface area (Å²) >= 11 is 6.17. The van der Waals surface area contributed by atoms with Gasteiger partial charge in [0.15, 0.2) is 0 Å². The number of benzene rings is 2. The van der Waals surface area contributed by atoms with Crippen molar-refractivity contribution in [2.24, 2.45) is 5.92 Å². The van der Waals surface area contributed by atoms with Gasteiger partial charge in [-0.05, 0) is 62.4 Å². The molecule has 2 aromatic rings. The second kappa shape index (κ2) is 11.3. The van der Waals surface area contributed by atoms with Gasteiger partial charge in [0, 0.05) is 24.7 Å². The number of halogens is 2. The molecule has 0 spiro atoms. The fourth-order valence-electron chi connectivity index (χ4n) is 3.94. The molecule has 0 unspecified atom stereocenters. The Morgan fingerprint density at radius 1 is 1.09 bits per heavy atom. The average Bonchev–Trinajstić information content (AvgIpc) is 2.82. The third-order valence-corrected chi connectivity index (χ3v) is 6.39. The number of piperidine rings is 1. The largest absolute Gasteiger partial charge is 0.352 e. The summed E-state index contributed by atoms with van der Waals surface area (Å²) in [4.78, 5) is 40.3. The monoisotopic (exact) mass is 473 g/mol. The second-order valence-electron chi connectivity index (χ2n) is 8.39. The van der Waals surface area contributed by atoms with Crippen LogP contribution in [0.5, 0.6) is 0 Å². The molecule has 1 aliphatic rings. The smallest absolute Gasteiger partial charge is 0.253 e. The van der Waals surface area contributed by atoms with E-state index < -0.39 is 17.8 Å². The van der Waals surface area contributed by atoms with E-state index in [1.807, 2.05) is 13.8 Å². The molecule has 1 fully saturated rings. The van der Waals surface area contributed by atoms with Crippen molar-refractivity contribution in [3.05, 3.63) is 70.5 Å². The zero-order valence-electron chi connectivity index (χ0n) is 18.8. The van der Waals surface area contributed by atoms with Gasteiger partial charge in [0.25, 0.3) is 11.8 Å². The van der Waals surface area contributed by atoms with Gasteiger partial charge in [0.05, 0.1) is 10.6 Å². The van der Waals surface area contributed by atoms with E-state index in [2.05, 4.69) is 10.6 Å². The maximum absolute atomic E-state index is 13.5. The Bertz CT molecular complexity index is 1010. The average molecular weight is 474 g/mol. The lowest BCUT2D eigenvalue weighted by Gasteiger charge is -2.36. The van der Waals surface area contributed by atoms with Crippen LogP contribution in [0.25, 0.3) is 0 Å². The van der Waals surface area contributed by atoms with Crippen molar-refractivity contribution in [1.82, 2.24) is 15.5 Å². The van der Waals surface area contributed by atoms with Crippen molar-refractivity contribution in [2.75, 3.05) is 13.1 Å². The maximum atomic E-state index is 13.5. The Kier molecular flexibility index (Phi) is 8.44. The molecule has 1 heterocycles. The maximum Gasteiger partial charge on any atom is 0.253 e. The molecule has 2 aromatic carbocycles. The summed E-state index contributed by atoms with van der Waals surface area (Å²) in [6, 6.07) is 11.5. The Hall–Kier alpha value is -2.93. The van der Waals surface area contributed by atoms with Gasteiger partial charge in [-0.3, -0.25) is 14.4 Å². The predicted molar refractivity (Wildman–Crippen MR) is 126 cm³/mol. The molecule has 0 aliphatic carbocycles. The third kappa shape index (κ3) is 6.32. The van der Waals surface area contributed by atoms with E-state index in [9.17, 15) is 18.8 Å². The minimum absolute atomic E-state index is 0.0353. The lowest BCUT2D eigenvalue weighted by atomic mass is 9.88. The highest BCUT2D eigenvalue weighted by molar-refractivity contribution is 6.33. The molecular formula is C25H29ClFN3O3. The van der Waals surface area contributed by atoms with E-state index >= 15 is 0 Å². The lowest BCUT2D eigenvalue weighted by Crippen LogP contribution is -2.55. The minimum Gasteiger partial charge on any atom is -0.352 e. The van der Waals surface area contributed by atoms with Crippen molar-refractivity contribution in [2.45, 2.75) is 45.2 Å². The molecule has 33 heavy (non-hydrogen) atoms. The summed E-state index contributed by atoms with van der Waals surface area (Å²) in [5.74, 6) is -1.52. The SMILES string of the molecule is CC[C@H](C)NC(=O)[C@@H](NC(=O)c1ccccc1Cl)C1CCN(C(=O)c2cccc(F)c2)CC1. The molecule has 2 atom stereocenters.